The van der Waals surface area contributed by atoms with Crippen LogP contribution >= 0.6 is 15.9 Å². The highest BCUT2D eigenvalue weighted by Gasteiger charge is 2.09. The van der Waals surface area contributed by atoms with Crippen LogP contribution < -0.4 is 10.5 Å². The second-order valence-electron chi connectivity index (χ2n) is 4.33. The molecule has 0 spiro atoms. The molecule has 0 fully saturated rings. The van der Waals surface area contributed by atoms with Crippen LogP contribution in [0.15, 0.2) is 46.9 Å². The first-order chi connectivity index (χ1) is 9.10. The van der Waals surface area contributed by atoms with Crippen molar-refractivity contribution in [2.24, 2.45) is 5.73 Å². The number of rotatable bonds is 4. The Bertz CT molecular complexity index is 557. The van der Waals surface area contributed by atoms with Gasteiger partial charge in [0.25, 0.3) is 0 Å². The molecule has 0 aromatic heterocycles. The fourth-order valence-electron chi connectivity index (χ4n) is 1.88. The summed E-state index contributed by atoms with van der Waals surface area (Å²) < 4.78 is 19.0. The predicted octanol–water partition coefficient (Wildman–Crippen LogP) is 3.84. The van der Waals surface area contributed by atoms with Crippen LogP contribution in [0.3, 0.4) is 0 Å². The van der Waals surface area contributed by atoms with Crippen LogP contribution in [-0.2, 0) is 6.42 Å². The summed E-state index contributed by atoms with van der Waals surface area (Å²) in [6.07, 6.45) is 0.658. The van der Waals surface area contributed by atoms with E-state index in [4.69, 9.17) is 10.5 Å². The van der Waals surface area contributed by atoms with E-state index in [2.05, 4.69) is 15.9 Å². The molecular weight excluding hydrogens is 309 g/mol. The molecule has 0 saturated heterocycles. The Hall–Kier alpha value is -1.39. The lowest BCUT2D eigenvalue weighted by Crippen LogP contribution is -2.13. The predicted molar refractivity (Wildman–Crippen MR) is 77.7 cm³/mol. The van der Waals surface area contributed by atoms with Gasteiger partial charge in [0, 0.05) is 6.04 Å². The van der Waals surface area contributed by atoms with Gasteiger partial charge in [-0.25, -0.2) is 4.39 Å². The van der Waals surface area contributed by atoms with E-state index in [1.807, 2.05) is 30.3 Å². The highest BCUT2D eigenvalue weighted by atomic mass is 79.9. The summed E-state index contributed by atoms with van der Waals surface area (Å²) in [4.78, 5) is 0. The topological polar surface area (TPSA) is 35.2 Å². The minimum Gasteiger partial charge on any atom is -0.497 e. The third-order valence-corrected chi connectivity index (χ3v) is 3.63. The number of hydrogen-bond acceptors (Lipinski definition) is 2. The first-order valence-corrected chi connectivity index (χ1v) is 6.73. The Kier molecular flexibility index (Phi) is 4.56. The molecule has 2 aromatic rings. The first kappa shape index (κ1) is 14.0. The van der Waals surface area contributed by atoms with Gasteiger partial charge >= 0.3 is 0 Å². The minimum absolute atomic E-state index is 0.226. The zero-order valence-electron chi connectivity index (χ0n) is 10.6. The average molecular weight is 324 g/mol. The smallest absolute Gasteiger partial charge is 0.137 e. The quantitative estimate of drug-likeness (QED) is 0.927. The SMILES string of the molecule is COc1ccc(CC(N)c2ccc(Br)c(F)c2)cc1. The molecule has 1 atom stereocenters. The summed E-state index contributed by atoms with van der Waals surface area (Å²) in [6, 6.07) is 12.5. The van der Waals surface area contributed by atoms with Crippen molar-refractivity contribution >= 4 is 15.9 Å². The van der Waals surface area contributed by atoms with Crippen LogP contribution in [0.5, 0.6) is 5.75 Å². The Morgan fingerprint density at radius 3 is 2.47 bits per heavy atom. The maximum atomic E-state index is 13.5. The van der Waals surface area contributed by atoms with E-state index in [9.17, 15) is 4.39 Å². The van der Waals surface area contributed by atoms with Gasteiger partial charge in [-0.3, -0.25) is 0 Å². The zero-order valence-corrected chi connectivity index (χ0v) is 12.2. The van der Waals surface area contributed by atoms with Crippen molar-refractivity contribution in [3.05, 3.63) is 63.9 Å². The fraction of sp³-hybridized carbons (Fsp3) is 0.200. The van der Waals surface area contributed by atoms with Crippen LogP contribution in [0.2, 0.25) is 0 Å². The van der Waals surface area contributed by atoms with E-state index < -0.39 is 0 Å². The molecule has 0 radical (unpaired) electrons. The number of methoxy groups -OCH3 is 1. The maximum absolute atomic E-state index is 13.5. The van der Waals surface area contributed by atoms with E-state index in [-0.39, 0.29) is 11.9 Å². The third kappa shape index (κ3) is 3.55. The average Bonchev–Trinajstić information content (AvgIpc) is 2.42. The molecule has 0 amide bonds. The molecular formula is C15H15BrFNO. The van der Waals surface area contributed by atoms with E-state index in [1.165, 1.54) is 6.07 Å². The molecule has 2 aromatic carbocycles. The number of ether oxygens (including phenoxy) is 1. The highest BCUT2D eigenvalue weighted by molar-refractivity contribution is 9.10. The van der Waals surface area contributed by atoms with Crippen molar-refractivity contribution in [2.75, 3.05) is 7.11 Å². The highest BCUT2D eigenvalue weighted by Crippen LogP contribution is 2.22. The van der Waals surface area contributed by atoms with Gasteiger partial charge in [-0.1, -0.05) is 18.2 Å². The van der Waals surface area contributed by atoms with Gasteiger partial charge in [-0.2, -0.15) is 0 Å². The lowest BCUT2D eigenvalue weighted by molar-refractivity contribution is 0.414. The van der Waals surface area contributed by atoms with Gasteiger partial charge in [-0.05, 0) is 57.7 Å². The Balaban J connectivity index is 2.10. The van der Waals surface area contributed by atoms with Gasteiger partial charge in [0.1, 0.15) is 11.6 Å². The van der Waals surface area contributed by atoms with Gasteiger partial charge in [-0.15, -0.1) is 0 Å². The van der Waals surface area contributed by atoms with Crippen molar-refractivity contribution in [1.82, 2.24) is 0 Å². The molecule has 0 bridgehead atoms. The van der Waals surface area contributed by atoms with E-state index in [1.54, 1.807) is 13.2 Å². The summed E-state index contributed by atoms with van der Waals surface area (Å²) >= 11 is 3.13. The number of benzene rings is 2. The molecule has 0 heterocycles. The first-order valence-electron chi connectivity index (χ1n) is 5.93. The van der Waals surface area contributed by atoms with Gasteiger partial charge in [0.2, 0.25) is 0 Å². The zero-order chi connectivity index (χ0) is 13.8. The molecule has 2 rings (SSSR count). The summed E-state index contributed by atoms with van der Waals surface area (Å²) in [5.41, 5.74) is 7.99. The normalized spacial score (nSPS) is 12.2. The minimum atomic E-state index is -0.289. The monoisotopic (exact) mass is 323 g/mol. The second-order valence-corrected chi connectivity index (χ2v) is 5.19. The van der Waals surface area contributed by atoms with E-state index in [0.29, 0.717) is 10.9 Å². The standard InChI is InChI=1S/C15H15BrFNO/c1-19-12-5-2-10(3-6-12)8-15(18)11-4-7-13(16)14(17)9-11/h2-7,9,15H,8,18H2,1H3. The van der Waals surface area contributed by atoms with Crippen molar-refractivity contribution in [2.45, 2.75) is 12.5 Å². The summed E-state index contributed by atoms with van der Waals surface area (Å²) in [6.45, 7) is 0. The summed E-state index contributed by atoms with van der Waals surface area (Å²) in [7, 11) is 1.63. The molecule has 2 nitrogen and oxygen atoms in total. The largest absolute Gasteiger partial charge is 0.497 e. The van der Waals surface area contributed by atoms with Crippen molar-refractivity contribution < 1.29 is 9.13 Å². The second kappa shape index (κ2) is 6.17. The lowest BCUT2D eigenvalue weighted by Gasteiger charge is -2.13. The van der Waals surface area contributed by atoms with Crippen molar-refractivity contribution in [3.8, 4) is 5.75 Å². The Morgan fingerprint density at radius 2 is 1.89 bits per heavy atom. The van der Waals surface area contributed by atoms with E-state index >= 15 is 0 Å². The molecule has 0 aliphatic heterocycles. The molecule has 4 heteroatoms. The molecule has 2 N–H and O–H groups in total. The summed E-state index contributed by atoms with van der Waals surface area (Å²) in [5, 5.41) is 0. The van der Waals surface area contributed by atoms with Gasteiger partial charge in [0.05, 0.1) is 11.6 Å². The maximum Gasteiger partial charge on any atom is 0.137 e. The Labute approximate surface area is 120 Å². The van der Waals surface area contributed by atoms with Crippen molar-refractivity contribution in [3.63, 3.8) is 0 Å². The molecule has 0 aliphatic rings. The van der Waals surface area contributed by atoms with Crippen LogP contribution in [0.1, 0.15) is 17.2 Å². The van der Waals surface area contributed by atoms with Crippen molar-refractivity contribution in [1.29, 1.82) is 0 Å². The molecule has 0 saturated carbocycles. The summed E-state index contributed by atoms with van der Waals surface area (Å²) in [5.74, 6) is 0.523. The van der Waals surface area contributed by atoms with Gasteiger partial charge in [0.15, 0.2) is 0 Å². The third-order valence-electron chi connectivity index (χ3n) is 2.99. The van der Waals surface area contributed by atoms with Crippen LogP contribution in [0.4, 0.5) is 4.39 Å². The van der Waals surface area contributed by atoms with Crippen LogP contribution in [0.25, 0.3) is 0 Å². The lowest BCUT2D eigenvalue weighted by atomic mass is 9.99. The fourth-order valence-corrected chi connectivity index (χ4v) is 2.12. The van der Waals surface area contributed by atoms with Gasteiger partial charge < -0.3 is 10.5 Å². The molecule has 0 aliphatic carbocycles. The van der Waals surface area contributed by atoms with Crippen LogP contribution in [-0.4, -0.2) is 7.11 Å². The molecule has 19 heavy (non-hydrogen) atoms. The Morgan fingerprint density at radius 1 is 1.21 bits per heavy atom. The number of nitrogens with two attached hydrogens (primary N) is 1. The number of halogens is 2. The van der Waals surface area contributed by atoms with E-state index in [0.717, 1.165) is 16.9 Å². The molecule has 1 unspecified atom stereocenters. The molecule has 100 valence electrons. The van der Waals surface area contributed by atoms with Crippen LogP contribution in [0, 0.1) is 5.82 Å². The number of hydrogen-bond donors (Lipinski definition) is 1.